The largest absolute Gasteiger partial charge is 0.405 e. The number of nitrogens with two attached hydrogens (primary N) is 2. The maximum Gasteiger partial charge on any atom is 0.165 e. The highest BCUT2D eigenvalue weighted by Crippen LogP contribution is 1.55. The molecule has 0 amide bonds. The molecule has 0 aromatic heterocycles. The molecule has 0 aromatic rings. The van der Waals surface area contributed by atoms with Gasteiger partial charge in [-0.2, -0.15) is 0 Å². The first-order valence-corrected chi connectivity index (χ1v) is 2.72. The molecule has 0 saturated heterocycles. The maximum atomic E-state index is 9.28. The van der Waals surface area contributed by atoms with Gasteiger partial charge in [0.25, 0.3) is 0 Å². The predicted octanol–water partition coefficient (Wildman–Crippen LogP) is 0.588. The molecule has 0 rings (SSSR count). The summed E-state index contributed by atoms with van der Waals surface area (Å²) in [6.07, 6.45) is 2.50. The van der Waals surface area contributed by atoms with E-state index in [2.05, 4.69) is 18.9 Å². The van der Waals surface area contributed by atoms with E-state index in [-0.39, 0.29) is 13.1 Å². The predicted molar refractivity (Wildman–Crippen MR) is 52.2 cm³/mol. The fourth-order valence-corrected chi connectivity index (χ4v) is 0. The highest BCUT2D eigenvalue weighted by atomic mass is 16.1. The molecule has 0 heterocycles. The maximum absolute atomic E-state index is 9.28. The Morgan fingerprint density at radius 2 is 1.50 bits per heavy atom. The van der Waals surface area contributed by atoms with Crippen LogP contribution in [0.5, 0.6) is 0 Å². The van der Waals surface area contributed by atoms with Crippen molar-refractivity contribution >= 4 is 12.6 Å². The summed E-state index contributed by atoms with van der Waals surface area (Å²) >= 11 is 0. The van der Waals surface area contributed by atoms with E-state index < -0.39 is 0 Å². The molecular formula is C8H18N2O2. The first kappa shape index (κ1) is 22.4. The van der Waals surface area contributed by atoms with Gasteiger partial charge in [-0.3, -0.25) is 4.79 Å². The molecule has 4 heteroatoms. The summed E-state index contributed by atoms with van der Waals surface area (Å²) < 4.78 is 0. The topological polar surface area (TPSA) is 86.2 Å². The first-order valence-electron chi connectivity index (χ1n) is 2.72. The molecule has 0 fully saturated rings. The molecule has 0 unspecified atom stereocenters. The zero-order valence-electron chi connectivity index (χ0n) is 6.62. The van der Waals surface area contributed by atoms with Gasteiger partial charge in [-0.1, -0.05) is 20.6 Å². The van der Waals surface area contributed by atoms with Crippen molar-refractivity contribution in [2.24, 2.45) is 11.5 Å². The highest BCUT2D eigenvalue weighted by Gasteiger charge is 1.65. The van der Waals surface area contributed by atoms with Gasteiger partial charge >= 0.3 is 0 Å². The highest BCUT2D eigenvalue weighted by molar-refractivity contribution is 5.70. The van der Waals surface area contributed by atoms with E-state index in [1.165, 1.54) is 13.1 Å². The molecule has 4 N–H and O–H groups in total. The van der Waals surface area contributed by atoms with Gasteiger partial charge in [0.15, 0.2) is 6.29 Å². The van der Waals surface area contributed by atoms with Crippen molar-refractivity contribution in [3.05, 3.63) is 25.1 Å². The standard InChI is InChI=1S/C3H5NO.C2H5N.C2H4O.CH4/c1-3(4)2-5;2*1-2-3;/h2H,1,4H2;2H,1,3H2;2H,1H3;1H4. The molecule has 0 aliphatic rings. The number of hydrogen-bond donors (Lipinski definition) is 2. The lowest BCUT2D eigenvalue weighted by Gasteiger charge is -1.69. The molecular weight excluding hydrogens is 156 g/mol. The Kier molecular flexibility index (Phi) is 63.9. The Morgan fingerprint density at radius 3 is 1.50 bits per heavy atom. The van der Waals surface area contributed by atoms with Crippen LogP contribution in [0.25, 0.3) is 0 Å². The number of hydrogen-bond acceptors (Lipinski definition) is 4. The van der Waals surface area contributed by atoms with Crippen molar-refractivity contribution in [2.45, 2.75) is 14.4 Å². The summed E-state index contributed by atoms with van der Waals surface area (Å²) in [6, 6.07) is 0. The number of carbonyl (C=O) groups excluding carboxylic acids is 2. The van der Waals surface area contributed by atoms with Gasteiger partial charge in [-0.05, 0) is 13.1 Å². The second kappa shape index (κ2) is 34.2. The monoisotopic (exact) mass is 174 g/mol. The van der Waals surface area contributed by atoms with Crippen LogP contribution in [-0.4, -0.2) is 12.6 Å². The second-order valence-electron chi connectivity index (χ2n) is 1.16. The third kappa shape index (κ3) is 2630. The minimum absolute atomic E-state index is 0. The Balaban J connectivity index is -0.0000000406. The van der Waals surface area contributed by atoms with E-state index in [0.717, 1.165) is 6.29 Å². The smallest absolute Gasteiger partial charge is 0.165 e. The van der Waals surface area contributed by atoms with Crippen LogP contribution in [0.3, 0.4) is 0 Å². The van der Waals surface area contributed by atoms with Crippen molar-refractivity contribution in [1.82, 2.24) is 0 Å². The lowest BCUT2D eigenvalue weighted by molar-refractivity contribution is -0.106. The molecule has 0 spiro atoms. The van der Waals surface area contributed by atoms with Gasteiger partial charge in [0.1, 0.15) is 6.29 Å². The van der Waals surface area contributed by atoms with E-state index in [1.54, 1.807) is 0 Å². The van der Waals surface area contributed by atoms with Gasteiger partial charge in [0.2, 0.25) is 0 Å². The second-order valence-corrected chi connectivity index (χ2v) is 1.16. The zero-order chi connectivity index (χ0) is 9.70. The molecule has 4 nitrogen and oxygen atoms in total. The molecule has 72 valence electrons. The van der Waals surface area contributed by atoms with Crippen LogP contribution in [0.15, 0.2) is 25.1 Å². The Bertz CT molecular complexity index is 116. The van der Waals surface area contributed by atoms with Gasteiger partial charge in [0.05, 0.1) is 5.70 Å². The van der Waals surface area contributed by atoms with Crippen molar-refractivity contribution in [2.75, 3.05) is 0 Å². The molecule has 0 atom stereocenters. The summed E-state index contributed by atoms with van der Waals surface area (Å²) in [6.45, 7) is 7.67. The zero-order valence-corrected chi connectivity index (χ0v) is 6.62. The van der Waals surface area contributed by atoms with Crippen LogP contribution in [0.2, 0.25) is 0 Å². The average molecular weight is 174 g/mol. The van der Waals surface area contributed by atoms with Gasteiger partial charge in [-0.15, -0.1) is 0 Å². The SMILES string of the molecule is C.C=C(N)C=O.C=CN.CC=O. The number of allylic oxidation sites excluding steroid dienone is 1. The van der Waals surface area contributed by atoms with Crippen molar-refractivity contribution in [3.8, 4) is 0 Å². The Labute approximate surface area is 73.9 Å². The fourth-order valence-electron chi connectivity index (χ4n) is 0. The first-order chi connectivity index (χ1) is 5.10. The summed E-state index contributed by atoms with van der Waals surface area (Å²) in [4.78, 5) is 18.1. The van der Waals surface area contributed by atoms with Crippen LogP contribution in [0.1, 0.15) is 14.4 Å². The van der Waals surface area contributed by atoms with Crippen LogP contribution in [0, 0.1) is 0 Å². The average Bonchev–Trinajstić information content (AvgIpc) is 1.91. The molecule has 0 bridgehead atoms. The quantitative estimate of drug-likeness (QED) is 0.450. The number of rotatable bonds is 1. The van der Waals surface area contributed by atoms with Crippen molar-refractivity contribution in [1.29, 1.82) is 0 Å². The minimum atomic E-state index is 0. The van der Waals surface area contributed by atoms with Crippen molar-refractivity contribution in [3.63, 3.8) is 0 Å². The van der Waals surface area contributed by atoms with E-state index in [4.69, 9.17) is 10.5 Å². The van der Waals surface area contributed by atoms with Gasteiger partial charge < -0.3 is 16.3 Å². The summed E-state index contributed by atoms with van der Waals surface area (Å²) in [7, 11) is 0. The van der Waals surface area contributed by atoms with Gasteiger partial charge in [-0.25, -0.2) is 0 Å². The summed E-state index contributed by atoms with van der Waals surface area (Å²) in [5.41, 5.74) is 9.41. The third-order valence-corrected chi connectivity index (χ3v) is 0.151. The fraction of sp³-hybridized carbons (Fsp3) is 0.250. The van der Waals surface area contributed by atoms with Crippen LogP contribution in [-0.2, 0) is 9.59 Å². The lowest BCUT2D eigenvalue weighted by Crippen LogP contribution is -1.92. The Morgan fingerprint density at radius 1 is 1.42 bits per heavy atom. The van der Waals surface area contributed by atoms with E-state index >= 15 is 0 Å². The van der Waals surface area contributed by atoms with Crippen LogP contribution in [0.4, 0.5) is 0 Å². The van der Waals surface area contributed by atoms with Crippen LogP contribution >= 0.6 is 0 Å². The van der Waals surface area contributed by atoms with E-state index in [0.29, 0.717) is 6.29 Å². The summed E-state index contributed by atoms with van der Waals surface area (Å²) in [5.74, 6) is 0. The summed E-state index contributed by atoms with van der Waals surface area (Å²) in [5, 5.41) is 0. The van der Waals surface area contributed by atoms with Gasteiger partial charge in [0, 0.05) is 0 Å². The minimum Gasteiger partial charge on any atom is -0.405 e. The third-order valence-electron chi connectivity index (χ3n) is 0.151. The lowest BCUT2D eigenvalue weighted by atomic mass is 10.6. The normalized spacial score (nSPS) is 4.75. The Hall–Kier alpha value is -1.58. The molecule has 0 aliphatic heterocycles. The van der Waals surface area contributed by atoms with Crippen LogP contribution < -0.4 is 11.5 Å². The molecule has 0 radical (unpaired) electrons. The van der Waals surface area contributed by atoms with E-state index in [9.17, 15) is 4.79 Å². The molecule has 0 aromatic carbocycles. The van der Waals surface area contributed by atoms with Crippen molar-refractivity contribution < 1.29 is 9.59 Å². The number of aldehydes is 2. The van der Waals surface area contributed by atoms with E-state index in [1.807, 2.05) is 0 Å². The molecule has 0 saturated carbocycles. The molecule has 12 heavy (non-hydrogen) atoms. The number of carbonyl (C=O) groups is 2. The molecule has 0 aliphatic carbocycles.